The maximum atomic E-state index is 6.52. The molecule has 0 fully saturated rings. The van der Waals surface area contributed by atoms with Crippen LogP contribution in [-0.2, 0) is 25.1 Å². The number of likely N-dealkylation sites (N-methyl/N-ethyl adjacent to an activating group) is 1. The molecule has 0 radical (unpaired) electrons. The number of halogens is 1. The Balaban J connectivity index is 1.76. The van der Waals surface area contributed by atoms with Gasteiger partial charge in [0.15, 0.2) is 0 Å². The molecule has 2 aliphatic heterocycles. The number of fused-ring (bicyclic) bond motifs is 3. The van der Waals surface area contributed by atoms with Crippen molar-refractivity contribution in [1.29, 1.82) is 0 Å². The van der Waals surface area contributed by atoms with E-state index in [1.165, 1.54) is 22.2 Å². The highest BCUT2D eigenvalue weighted by Gasteiger charge is 2.38. The van der Waals surface area contributed by atoms with E-state index in [4.69, 9.17) is 16.3 Å². The van der Waals surface area contributed by atoms with Gasteiger partial charge in [-0.15, -0.1) is 0 Å². The van der Waals surface area contributed by atoms with Gasteiger partial charge in [-0.25, -0.2) is 0 Å². The summed E-state index contributed by atoms with van der Waals surface area (Å²) in [5, 5.41) is 1.97. The molecular formula is C20H20ClN3O. The van der Waals surface area contributed by atoms with E-state index in [1.807, 2.05) is 30.6 Å². The molecule has 1 unspecified atom stereocenters. The Morgan fingerprint density at radius 1 is 1.24 bits per heavy atom. The molecular weight excluding hydrogens is 334 g/mol. The lowest BCUT2D eigenvalue weighted by molar-refractivity contribution is 0.0579. The fourth-order valence-corrected chi connectivity index (χ4v) is 4.54. The van der Waals surface area contributed by atoms with Crippen molar-refractivity contribution in [3.05, 3.63) is 58.5 Å². The van der Waals surface area contributed by atoms with Gasteiger partial charge in [0.05, 0.1) is 12.1 Å². The van der Waals surface area contributed by atoms with Crippen molar-refractivity contribution < 1.29 is 4.74 Å². The minimum atomic E-state index is -0.427. The molecule has 2 aliphatic rings. The molecule has 4 nitrogen and oxygen atoms in total. The van der Waals surface area contributed by atoms with Gasteiger partial charge in [-0.3, -0.25) is 4.98 Å². The third-order valence-corrected chi connectivity index (χ3v) is 5.77. The topological polar surface area (TPSA) is 30.3 Å². The van der Waals surface area contributed by atoms with Crippen LogP contribution in [-0.4, -0.2) is 28.0 Å². The summed E-state index contributed by atoms with van der Waals surface area (Å²) < 4.78 is 8.98. The average molecular weight is 354 g/mol. The molecule has 2 aromatic heterocycles. The van der Waals surface area contributed by atoms with Gasteiger partial charge in [0.1, 0.15) is 11.4 Å². The molecule has 0 amide bonds. The molecule has 4 heterocycles. The Hall–Kier alpha value is -2.04. The molecule has 128 valence electrons. The first-order valence-corrected chi connectivity index (χ1v) is 9.04. The number of ether oxygens (including phenoxy) is 1. The van der Waals surface area contributed by atoms with Crippen molar-refractivity contribution in [3.63, 3.8) is 0 Å². The van der Waals surface area contributed by atoms with Crippen LogP contribution in [0, 0.1) is 0 Å². The summed E-state index contributed by atoms with van der Waals surface area (Å²) in [5.41, 5.74) is 4.73. The van der Waals surface area contributed by atoms with Crippen LogP contribution in [0.3, 0.4) is 0 Å². The van der Waals surface area contributed by atoms with Gasteiger partial charge in [-0.1, -0.05) is 11.6 Å². The zero-order valence-corrected chi connectivity index (χ0v) is 15.2. The zero-order chi connectivity index (χ0) is 17.2. The Morgan fingerprint density at radius 2 is 2.04 bits per heavy atom. The summed E-state index contributed by atoms with van der Waals surface area (Å²) in [4.78, 5) is 6.52. The van der Waals surface area contributed by atoms with Crippen molar-refractivity contribution in [1.82, 2.24) is 14.5 Å². The summed E-state index contributed by atoms with van der Waals surface area (Å²) in [6.07, 6.45) is 4.71. The van der Waals surface area contributed by atoms with Gasteiger partial charge >= 0.3 is 0 Å². The van der Waals surface area contributed by atoms with E-state index in [2.05, 4.69) is 34.5 Å². The van der Waals surface area contributed by atoms with Crippen molar-refractivity contribution in [2.24, 2.45) is 0 Å². The molecule has 1 atom stereocenters. The van der Waals surface area contributed by atoms with Crippen LogP contribution in [0.25, 0.3) is 10.9 Å². The highest BCUT2D eigenvalue weighted by Crippen LogP contribution is 2.45. The zero-order valence-electron chi connectivity index (χ0n) is 14.4. The third kappa shape index (κ3) is 2.21. The predicted octanol–water partition coefficient (Wildman–Crippen LogP) is 3.99. The molecule has 0 aliphatic carbocycles. The van der Waals surface area contributed by atoms with Gasteiger partial charge in [-0.05, 0) is 43.3 Å². The Labute approximate surface area is 152 Å². The summed E-state index contributed by atoms with van der Waals surface area (Å²) in [6.45, 7) is 5.00. The number of rotatable bonds is 1. The summed E-state index contributed by atoms with van der Waals surface area (Å²) in [7, 11) is 2.18. The van der Waals surface area contributed by atoms with Gasteiger partial charge < -0.3 is 14.2 Å². The maximum absolute atomic E-state index is 6.52. The van der Waals surface area contributed by atoms with Crippen LogP contribution in [0.2, 0.25) is 5.02 Å². The first-order valence-electron chi connectivity index (χ1n) is 8.67. The first-order chi connectivity index (χ1) is 12.0. The van der Waals surface area contributed by atoms with Crippen LogP contribution in [0.5, 0.6) is 5.75 Å². The number of nitrogens with zero attached hydrogens (tertiary/aromatic N) is 3. The smallest absolute Gasteiger partial charge is 0.149 e. The fraction of sp³-hybridized carbons (Fsp3) is 0.350. The summed E-state index contributed by atoms with van der Waals surface area (Å²) in [6, 6.07) is 8.12. The second-order valence-corrected chi connectivity index (χ2v) is 7.80. The largest absolute Gasteiger partial charge is 0.479 e. The normalized spacial score (nSPS) is 22.7. The van der Waals surface area contributed by atoms with E-state index in [9.17, 15) is 0 Å². The number of aromatic nitrogens is 2. The predicted molar refractivity (Wildman–Crippen MR) is 99.2 cm³/mol. The van der Waals surface area contributed by atoms with Gasteiger partial charge in [-0.2, -0.15) is 0 Å². The molecule has 0 N–H and O–H groups in total. The molecule has 5 heteroatoms. The average Bonchev–Trinajstić information content (AvgIpc) is 2.89. The lowest BCUT2D eigenvalue weighted by Crippen LogP contribution is -2.38. The highest BCUT2D eigenvalue weighted by atomic mass is 35.5. The van der Waals surface area contributed by atoms with Crippen LogP contribution in [0.1, 0.15) is 23.7 Å². The molecule has 5 rings (SSSR count). The molecule has 3 aromatic rings. The van der Waals surface area contributed by atoms with Gasteiger partial charge in [0.2, 0.25) is 0 Å². The minimum absolute atomic E-state index is 0.427. The SMILES string of the molecule is CN1CCc2c(c3cc(Cl)cc4c3n2CC(C)(c2ccncc2)O4)C1. The van der Waals surface area contributed by atoms with E-state index in [-0.39, 0.29) is 0 Å². The van der Waals surface area contributed by atoms with Crippen molar-refractivity contribution >= 4 is 22.5 Å². The number of pyridine rings is 1. The molecule has 0 saturated carbocycles. The number of hydrogen-bond donors (Lipinski definition) is 0. The Morgan fingerprint density at radius 3 is 2.84 bits per heavy atom. The molecule has 25 heavy (non-hydrogen) atoms. The van der Waals surface area contributed by atoms with E-state index < -0.39 is 5.60 Å². The van der Waals surface area contributed by atoms with E-state index in [0.717, 1.165) is 42.4 Å². The number of benzene rings is 1. The molecule has 0 bridgehead atoms. The van der Waals surface area contributed by atoms with Crippen LogP contribution in [0.15, 0.2) is 36.7 Å². The summed E-state index contributed by atoms with van der Waals surface area (Å²) in [5.74, 6) is 0.880. The summed E-state index contributed by atoms with van der Waals surface area (Å²) >= 11 is 6.44. The lowest BCUT2D eigenvalue weighted by atomic mass is 9.95. The van der Waals surface area contributed by atoms with Crippen molar-refractivity contribution in [3.8, 4) is 5.75 Å². The van der Waals surface area contributed by atoms with Crippen molar-refractivity contribution in [2.75, 3.05) is 13.6 Å². The van der Waals surface area contributed by atoms with E-state index >= 15 is 0 Å². The van der Waals surface area contributed by atoms with E-state index in [0.29, 0.717) is 0 Å². The van der Waals surface area contributed by atoms with Gasteiger partial charge in [0.25, 0.3) is 0 Å². The second-order valence-electron chi connectivity index (χ2n) is 7.37. The Kier molecular flexibility index (Phi) is 3.19. The standard InChI is InChI=1S/C20H20ClN3O/c1-20(13-3-6-22-7-4-13)12-24-17-5-8-23(2)11-16(17)15-9-14(21)10-18(25-20)19(15)24/h3-4,6-7,9-10H,5,8,11-12H2,1-2H3. The fourth-order valence-electron chi connectivity index (χ4n) is 4.33. The Bertz CT molecular complexity index is 982. The van der Waals surface area contributed by atoms with Gasteiger partial charge in [0, 0.05) is 54.1 Å². The molecule has 0 spiro atoms. The minimum Gasteiger partial charge on any atom is -0.479 e. The highest BCUT2D eigenvalue weighted by molar-refractivity contribution is 6.31. The quantitative estimate of drug-likeness (QED) is 0.662. The number of hydrogen-bond acceptors (Lipinski definition) is 3. The maximum Gasteiger partial charge on any atom is 0.149 e. The van der Waals surface area contributed by atoms with Crippen LogP contribution >= 0.6 is 11.6 Å². The first kappa shape index (κ1) is 15.2. The second kappa shape index (κ2) is 5.23. The molecule has 0 saturated heterocycles. The molecule has 1 aromatic carbocycles. The van der Waals surface area contributed by atoms with Crippen molar-refractivity contribution in [2.45, 2.75) is 32.0 Å². The van der Waals surface area contributed by atoms with Crippen LogP contribution < -0.4 is 4.74 Å². The van der Waals surface area contributed by atoms with Crippen LogP contribution in [0.4, 0.5) is 0 Å². The van der Waals surface area contributed by atoms with E-state index in [1.54, 1.807) is 0 Å². The lowest BCUT2D eigenvalue weighted by Gasteiger charge is -2.37. The third-order valence-electron chi connectivity index (χ3n) is 5.55. The monoisotopic (exact) mass is 353 g/mol.